The molecule has 4 rings (SSSR count). The van der Waals surface area contributed by atoms with Gasteiger partial charge in [0.2, 0.25) is 11.8 Å². The van der Waals surface area contributed by atoms with E-state index in [-0.39, 0.29) is 11.3 Å². The number of carbonyl (C=O) groups is 2. The normalized spacial score (nSPS) is 44.7. The van der Waals surface area contributed by atoms with E-state index in [9.17, 15) is 9.59 Å². The molecule has 1 aliphatic heterocycles. The Morgan fingerprint density at radius 2 is 1.72 bits per heavy atom. The van der Waals surface area contributed by atoms with E-state index in [1.165, 1.54) is 38.5 Å². The van der Waals surface area contributed by atoms with Crippen LogP contribution in [0, 0.1) is 39.9 Å². The van der Waals surface area contributed by atoms with Crippen molar-refractivity contribution in [2.45, 2.75) is 92.0 Å². The molecule has 164 valence electrons. The average Bonchev–Trinajstić information content (AvgIpc) is 2.99. The third kappa shape index (κ3) is 3.24. The first-order chi connectivity index (χ1) is 13.5. The van der Waals surface area contributed by atoms with Crippen molar-refractivity contribution in [3.63, 3.8) is 0 Å². The fraction of sp³-hybridized carbons (Fsp3) is 0.920. The Morgan fingerprint density at radius 1 is 1.03 bits per heavy atom. The van der Waals surface area contributed by atoms with Crippen molar-refractivity contribution in [3.8, 4) is 0 Å². The maximum absolute atomic E-state index is 12.4. The van der Waals surface area contributed by atoms with Crippen LogP contribution in [0.3, 0.4) is 0 Å². The minimum absolute atomic E-state index is 0.182. The van der Waals surface area contributed by atoms with Crippen LogP contribution in [0.2, 0.25) is 0 Å². The number of nitrogens with zero attached hydrogens (tertiary/aromatic N) is 1. The van der Waals surface area contributed by atoms with Gasteiger partial charge in [0.15, 0.2) is 0 Å². The topological polar surface area (TPSA) is 49.4 Å². The molecule has 1 N–H and O–H groups in total. The van der Waals surface area contributed by atoms with Crippen LogP contribution in [0.5, 0.6) is 0 Å². The fourth-order valence-electron chi connectivity index (χ4n) is 8.08. The van der Waals surface area contributed by atoms with Crippen molar-refractivity contribution in [3.05, 3.63) is 0 Å². The van der Waals surface area contributed by atoms with E-state index in [1.807, 2.05) is 27.8 Å². The summed E-state index contributed by atoms with van der Waals surface area (Å²) in [5, 5.41) is 3.28. The molecular weight excluding hydrogens is 360 g/mol. The number of piperidine rings is 1. The van der Waals surface area contributed by atoms with E-state index in [0.29, 0.717) is 28.7 Å². The minimum Gasteiger partial charge on any atom is -0.355 e. The van der Waals surface area contributed by atoms with Gasteiger partial charge in [-0.1, -0.05) is 34.6 Å². The molecule has 2 amide bonds. The first-order valence-electron chi connectivity index (χ1n) is 12.0. The molecule has 4 aliphatic rings. The molecule has 0 unspecified atom stereocenters. The summed E-state index contributed by atoms with van der Waals surface area (Å²) in [5.74, 6) is 3.50. The van der Waals surface area contributed by atoms with Crippen molar-refractivity contribution >= 4 is 11.8 Å². The summed E-state index contributed by atoms with van der Waals surface area (Å²) in [6, 6.07) is 0.442. The summed E-state index contributed by atoms with van der Waals surface area (Å²) < 4.78 is 0. The van der Waals surface area contributed by atoms with Crippen molar-refractivity contribution in [2.75, 3.05) is 13.6 Å². The lowest BCUT2D eigenvalue weighted by atomic mass is 9.47. The van der Waals surface area contributed by atoms with Gasteiger partial charge in [-0.25, -0.2) is 0 Å². The molecule has 0 aromatic rings. The summed E-state index contributed by atoms with van der Waals surface area (Å²) in [5.41, 5.74) is 0.353. The molecular formula is C25H42N2O2. The Labute approximate surface area is 177 Å². The average molecular weight is 403 g/mol. The van der Waals surface area contributed by atoms with E-state index < -0.39 is 0 Å². The number of hydrogen-bond acceptors (Lipinski definition) is 2. The zero-order chi connectivity index (χ0) is 21.2. The van der Waals surface area contributed by atoms with Gasteiger partial charge in [-0.2, -0.15) is 0 Å². The van der Waals surface area contributed by atoms with Crippen LogP contribution in [-0.4, -0.2) is 36.3 Å². The highest BCUT2D eigenvalue weighted by Crippen LogP contribution is 2.66. The summed E-state index contributed by atoms with van der Waals surface area (Å²) in [7, 11) is 2.04. The van der Waals surface area contributed by atoms with Crippen molar-refractivity contribution in [2.24, 2.45) is 39.9 Å². The molecule has 0 radical (unpaired) electrons. The highest BCUT2D eigenvalue weighted by molar-refractivity contribution is 5.81. The van der Waals surface area contributed by atoms with Gasteiger partial charge in [0.05, 0.1) is 0 Å². The van der Waals surface area contributed by atoms with E-state index in [4.69, 9.17) is 0 Å². The molecule has 0 spiro atoms. The van der Waals surface area contributed by atoms with Gasteiger partial charge in [-0.3, -0.25) is 9.59 Å². The van der Waals surface area contributed by atoms with E-state index >= 15 is 0 Å². The quantitative estimate of drug-likeness (QED) is 0.732. The third-order valence-electron chi connectivity index (χ3n) is 9.94. The highest BCUT2D eigenvalue weighted by atomic mass is 16.2. The lowest BCUT2D eigenvalue weighted by Crippen LogP contribution is -2.61. The Balaban J connectivity index is 1.49. The molecule has 4 heteroatoms. The van der Waals surface area contributed by atoms with Crippen LogP contribution in [-0.2, 0) is 9.59 Å². The van der Waals surface area contributed by atoms with Crippen LogP contribution in [0.15, 0.2) is 0 Å². The lowest BCUT2D eigenvalue weighted by molar-refractivity contribution is -0.158. The van der Waals surface area contributed by atoms with Crippen molar-refractivity contribution in [1.29, 1.82) is 0 Å². The van der Waals surface area contributed by atoms with Gasteiger partial charge in [0.1, 0.15) is 0 Å². The fourth-order valence-corrected chi connectivity index (χ4v) is 8.08. The number of fused-ring (bicyclic) bond motifs is 5. The number of amides is 2. The number of carbonyl (C=O) groups excluding carboxylic acids is 2. The second kappa shape index (κ2) is 6.99. The molecule has 0 aromatic carbocycles. The predicted molar refractivity (Wildman–Crippen MR) is 116 cm³/mol. The monoisotopic (exact) mass is 402 g/mol. The van der Waals surface area contributed by atoms with Crippen LogP contribution >= 0.6 is 0 Å². The molecule has 7 atom stereocenters. The van der Waals surface area contributed by atoms with Gasteiger partial charge in [0, 0.05) is 31.5 Å². The minimum atomic E-state index is -0.312. The molecule has 3 saturated carbocycles. The standard InChI is InChI=1S/C25H42N2O2/c1-23(2,3)22(29)26-15-16-7-9-18-17-8-10-20-25(5,14-12-21(28)27(20)6)19(17)11-13-24(16,18)4/h16-20H,7-15H2,1-6H3,(H,26,29)/t16-,17+,18+,19+,20-,24-,25-/m1/s1. The number of hydrogen-bond donors (Lipinski definition) is 1. The van der Waals surface area contributed by atoms with Crippen LogP contribution in [0.4, 0.5) is 0 Å². The van der Waals surface area contributed by atoms with Gasteiger partial charge in [-0.15, -0.1) is 0 Å². The number of likely N-dealkylation sites (tertiary alicyclic amines) is 1. The SMILES string of the molecule is CN1C(=O)CC[C@]2(C)[C@H]3CC[C@]4(C)[C@@H](CNC(=O)C(C)(C)C)CC[C@H]4[C@@H]3CC[C@@H]12. The Kier molecular flexibility index (Phi) is 5.10. The van der Waals surface area contributed by atoms with Gasteiger partial charge in [0.25, 0.3) is 0 Å². The zero-order valence-corrected chi connectivity index (χ0v) is 19.5. The number of nitrogens with one attached hydrogen (secondary N) is 1. The molecule has 4 fully saturated rings. The second-order valence-corrected chi connectivity index (χ2v) is 12.3. The zero-order valence-electron chi connectivity index (χ0n) is 19.5. The van der Waals surface area contributed by atoms with Gasteiger partial charge < -0.3 is 10.2 Å². The smallest absolute Gasteiger partial charge is 0.225 e. The number of rotatable bonds is 2. The summed E-state index contributed by atoms with van der Waals surface area (Å²) in [6.07, 6.45) is 9.44. The lowest BCUT2D eigenvalue weighted by Gasteiger charge is -2.61. The first kappa shape index (κ1) is 21.2. The molecule has 0 aromatic heterocycles. The van der Waals surface area contributed by atoms with Crippen molar-refractivity contribution in [1.82, 2.24) is 10.2 Å². The van der Waals surface area contributed by atoms with Crippen LogP contribution in [0.25, 0.3) is 0 Å². The van der Waals surface area contributed by atoms with Crippen LogP contribution in [0.1, 0.15) is 86.0 Å². The van der Waals surface area contributed by atoms with Crippen LogP contribution < -0.4 is 5.32 Å². The van der Waals surface area contributed by atoms with Gasteiger partial charge >= 0.3 is 0 Å². The predicted octanol–water partition coefficient (Wildman–Crippen LogP) is 4.63. The molecule has 4 nitrogen and oxygen atoms in total. The molecule has 29 heavy (non-hydrogen) atoms. The van der Waals surface area contributed by atoms with E-state index in [0.717, 1.165) is 37.1 Å². The largest absolute Gasteiger partial charge is 0.355 e. The molecule has 1 heterocycles. The first-order valence-corrected chi connectivity index (χ1v) is 12.0. The molecule has 3 aliphatic carbocycles. The molecule has 0 bridgehead atoms. The summed E-state index contributed by atoms with van der Waals surface area (Å²) in [4.78, 5) is 26.8. The Bertz CT molecular complexity index is 683. The molecule has 1 saturated heterocycles. The van der Waals surface area contributed by atoms with E-state index in [2.05, 4.69) is 24.1 Å². The second-order valence-electron chi connectivity index (χ2n) is 12.3. The summed E-state index contributed by atoms with van der Waals surface area (Å²) >= 11 is 0. The highest BCUT2D eigenvalue weighted by Gasteiger charge is 2.61. The maximum Gasteiger partial charge on any atom is 0.225 e. The Morgan fingerprint density at radius 3 is 2.41 bits per heavy atom. The van der Waals surface area contributed by atoms with Gasteiger partial charge in [-0.05, 0) is 79.4 Å². The summed E-state index contributed by atoms with van der Waals surface area (Å²) in [6.45, 7) is 11.9. The van der Waals surface area contributed by atoms with Crippen molar-refractivity contribution < 1.29 is 9.59 Å². The Hall–Kier alpha value is -1.06. The maximum atomic E-state index is 12.4. The van der Waals surface area contributed by atoms with E-state index in [1.54, 1.807) is 0 Å². The third-order valence-corrected chi connectivity index (χ3v) is 9.94.